The molecule has 180 valence electrons. The third-order valence-corrected chi connectivity index (χ3v) is 8.78. The van der Waals surface area contributed by atoms with Gasteiger partial charge in [0.1, 0.15) is 11.3 Å². The zero-order valence-corrected chi connectivity index (χ0v) is 19.8. The molecule has 0 spiro atoms. The fourth-order valence-corrected chi connectivity index (χ4v) is 6.90. The van der Waals surface area contributed by atoms with Crippen LogP contribution in [0, 0.1) is 11.8 Å². The largest absolute Gasteiger partial charge is 0.355 e. The lowest BCUT2D eigenvalue weighted by molar-refractivity contribution is 0.0562. The molecule has 0 amide bonds. The van der Waals surface area contributed by atoms with Gasteiger partial charge in [0.05, 0.1) is 28.7 Å². The van der Waals surface area contributed by atoms with Crippen LogP contribution in [0.4, 0.5) is 14.6 Å². The highest BCUT2D eigenvalue weighted by Crippen LogP contribution is 2.63. The van der Waals surface area contributed by atoms with E-state index < -0.39 is 11.9 Å². The van der Waals surface area contributed by atoms with Crippen LogP contribution < -0.4 is 10.6 Å². The van der Waals surface area contributed by atoms with Gasteiger partial charge in [0.25, 0.3) is 0 Å². The summed E-state index contributed by atoms with van der Waals surface area (Å²) < 4.78 is 31.4. The van der Waals surface area contributed by atoms with Crippen LogP contribution in [0.2, 0.25) is 0 Å². The molecule has 0 radical (unpaired) electrons. The Morgan fingerprint density at radius 3 is 2.86 bits per heavy atom. The van der Waals surface area contributed by atoms with Crippen LogP contribution >= 0.6 is 23.1 Å². The lowest BCUT2D eigenvalue weighted by Crippen LogP contribution is -2.35. The van der Waals surface area contributed by atoms with Crippen LogP contribution in [0.15, 0.2) is 29.9 Å². The van der Waals surface area contributed by atoms with Gasteiger partial charge in [0.2, 0.25) is 5.65 Å². The van der Waals surface area contributed by atoms with Crippen LogP contribution in [-0.4, -0.2) is 54.0 Å². The van der Waals surface area contributed by atoms with Gasteiger partial charge < -0.3 is 10.6 Å². The number of piperidine rings is 1. The van der Waals surface area contributed by atoms with E-state index in [0.717, 1.165) is 30.2 Å². The van der Waals surface area contributed by atoms with E-state index in [1.165, 1.54) is 17.7 Å². The van der Waals surface area contributed by atoms with Gasteiger partial charge in [0, 0.05) is 48.6 Å². The molecule has 35 heavy (non-hydrogen) atoms. The summed E-state index contributed by atoms with van der Waals surface area (Å²) >= 11 is 8.14. The van der Waals surface area contributed by atoms with E-state index in [2.05, 4.69) is 35.6 Å². The summed E-state index contributed by atoms with van der Waals surface area (Å²) in [7, 11) is 0. The monoisotopic (exact) mass is 515 g/mol. The molecular formula is C22H20ClF2N9S. The van der Waals surface area contributed by atoms with Gasteiger partial charge in [0.15, 0.2) is 0 Å². The number of fused-ring (bicyclic) bond motifs is 3. The number of hydrogen-bond acceptors (Lipinski definition) is 8. The van der Waals surface area contributed by atoms with E-state index in [0.29, 0.717) is 57.6 Å². The first-order valence-electron chi connectivity index (χ1n) is 11.3. The Morgan fingerprint density at radius 2 is 2.14 bits per heavy atom. The Bertz CT molecular complexity index is 1450. The number of alkyl halides is 3. The molecule has 7 rings (SSSR count). The van der Waals surface area contributed by atoms with Gasteiger partial charge >= 0.3 is 6.55 Å². The molecule has 2 aliphatic carbocycles. The van der Waals surface area contributed by atoms with Crippen molar-refractivity contribution >= 4 is 45.7 Å². The van der Waals surface area contributed by atoms with Gasteiger partial charge in [-0.2, -0.15) is 23.4 Å². The Balaban J connectivity index is 1.14. The van der Waals surface area contributed by atoms with Crippen molar-refractivity contribution < 1.29 is 8.78 Å². The molecule has 5 heterocycles. The molecule has 2 fully saturated rings. The minimum Gasteiger partial charge on any atom is -0.355 e. The summed E-state index contributed by atoms with van der Waals surface area (Å²) in [5, 5.41) is 12.7. The zero-order chi connectivity index (χ0) is 23.9. The zero-order valence-electron chi connectivity index (χ0n) is 18.3. The average Bonchev–Trinajstić information content (AvgIpc) is 3.52. The molecule has 0 aromatic carbocycles. The predicted octanol–water partition coefficient (Wildman–Crippen LogP) is 3.28. The van der Waals surface area contributed by atoms with Crippen molar-refractivity contribution in [1.29, 1.82) is 0 Å². The highest BCUT2D eigenvalue weighted by Gasteiger charge is 2.69. The van der Waals surface area contributed by atoms with E-state index >= 15 is 0 Å². The van der Waals surface area contributed by atoms with E-state index in [1.54, 1.807) is 6.20 Å². The second kappa shape index (κ2) is 7.52. The van der Waals surface area contributed by atoms with Gasteiger partial charge in [-0.1, -0.05) is 6.08 Å². The van der Waals surface area contributed by atoms with Crippen molar-refractivity contribution in [3.05, 3.63) is 52.6 Å². The van der Waals surface area contributed by atoms with Gasteiger partial charge in [-0.15, -0.1) is 11.6 Å². The van der Waals surface area contributed by atoms with Crippen molar-refractivity contribution in [1.82, 2.24) is 34.3 Å². The molecular weight excluding hydrogens is 496 g/mol. The number of nitrogens with one attached hydrogen (secondary N) is 1. The summed E-state index contributed by atoms with van der Waals surface area (Å²) in [4.78, 5) is 11.6. The Labute approximate surface area is 207 Å². The molecule has 13 heteroatoms. The van der Waals surface area contributed by atoms with Crippen molar-refractivity contribution in [3.8, 4) is 0 Å². The van der Waals surface area contributed by atoms with Crippen LogP contribution in [0.1, 0.15) is 34.6 Å². The molecule has 4 aromatic heterocycles. The number of rotatable bonds is 5. The van der Waals surface area contributed by atoms with Crippen LogP contribution in [-0.2, 0) is 11.8 Å². The Morgan fingerprint density at radius 1 is 1.31 bits per heavy atom. The minimum absolute atomic E-state index is 0.0205. The average molecular weight is 516 g/mol. The number of nitrogens with zero attached hydrogens (tertiary/aromatic N) is 7. The highest BCUT2D eigenvalue weighted by molar-refractivity contribution is 7.03. The molecule has 9 nitrogen and oxygen atoms in total. The minimum atomic E-state index is -2.71. The fraction of sp³-hybridized carbons (Fsp3) is 0.409. The van der Waals surface area contributed by atoms with E-state index in [4.69, 9.17) is 22.3 Å². The topological polar surface area (TPSA) is 114 Å². The van der Waals surface area contributed by atoms with Gasteiger partial charge in [-0.05, 0) is 35.0 Å². The molecule has 0 bridgehead atoms. The summed E-state index contributed by atoms with van der Waals surface area (Å²) in [5.41, 5.74) is 10.8. The maximum absolute atomic E-state index is 13.1. The number of halogens is 3. The maximum Gasteiger partial charge on any atom is 0.333 e. The molecule has 1 saturated heterocycles. The van der Waals surface area contributed by atoms with Crippen LogP contribution in [0.5, 0.6) is 0 Å². The van der Waals surface area contributed by atoms with Crippen molar-refractivity contribution in [2.24, 2.45) is 17.6 Å². The third-order valence-electron chi connectivity index (χ3n) is 7.75. The maximum atomic E-state index is 13.1. The van der Waals surface area contributed by atoms with Crippen molar-refractivity contribution in [2.45, 2.75) is 23.8 Å². The number of hydrogen-bond donors (Lipinski definition) is 2. The normalized spacial score (nSPS) is 27.4. The second-order valence-corrected chi connectivity index (χ2v) is 10.4. The fourth-order valence-electron chi connectivity index (χ4n) is 5.92. The van der Waals surface area contributed by atoms with E-state index in [1.807, 2.05) is 11.5 Å². The highest BCUT2D eigenvalue weighted by atomic mass is 35.5. The number of nitrogens with two attached hydrogens (primary N) is 1. The van der Waals surface area contributed by atoms with Crippen molar-refractivity contribution in [2.75, 3.05) is 24.5 Å². The number of aromatic nitrogens is 7. The first-order chi connectivity index (χ1) is 17.0. The summed E-state index contributed by atoms with van der Waals surface area (Å²) in [6, 6.07) is 2.09. The SMILES string of the molecule is NCC1(c2ccsn2)[C@@H]2CN(c3cnc4c(C5=CCc6nn(C(F)F)cc6C5Cl)[nH]nc4n3)C[C@@H]21. The summed E-state index contributed by atoms with van der Waals surface area (Å²) in [6.07, 6.45) is 5.34. The molecule has 1 saturated carbocycles. The Kier molecular flexibility index (Phi) is 4.58. The quantitative estimate of drug-likeness (QED) is 0.392. The van der Waals surface area contributed by atoms with Crippen molar-refractivity contribution in [3.63, 3.8) is 0 Å². The molecule has 1 aliphatic heterocycles. The van der Waals surface area contributed by atoms with Crippen LogP contribution in [0.25, 0.3) is 16.7 Å². The number of anilines is 1. The predicted molar refractivity (Wildman–Crippen MR) is 127 cm³/mol. The molecule has 2 unspecified atom stereocenters. The first kappa shape index (κ1) is 21.3. The smallest absolute Gasteiger partial charge is 0.333 e. The molecule has 4 atom stereocenters. The number of aromatic amines is 1. The summed E-state index contributed by atoms with van der Waals surface area (Å²) in [6.45, 7) is -0.413. The van der Waals surface area contributed by atoms with Crippen LogP contribution in [0.3, 0.4) is 0 Å². The Hall–Kier alpha value is -2.96. The standard InChI is InChI=1S/C22H20ClF2N9S/c23-17-10(1-2-14-11(17)6-34(31-14)21(24)25)18-19-20(30-29-18)28-16(5-27-19)33-7-12-13(8-33)22(12,9-26)15-3-4-35-32-15/h1,3-6,12-13,17,21H,2,7-9,26H2,(H,28,29,30)/t12-,13+,17?,22?. The molecule has 3 N–H and O–H groups in total. The second-order valence-electron chi connectivity index (χ2n) is 9.26. The molecule has 4 aromatic rings. The van der Waals surface area contributed by atoms with E-state index in [9.17, 15) is 8.78 Å². The summed E-state index contributed by atoms with van der Waals surface area (Å²) in [5.74, 6) is 1.68. The van der Waals surface area contributed by atoms with Gasteiger partial charge in [-0.25, -0.2) is 14.6 Å². The third kappa shape index (κ3) is 2.96. The lowest BCUT2D eigenvalue weighted by atomic mass is 9.94. The number of allylic oxidation sites excluding steroid dienone is 2. The molecule has 3 aliphatic rings. The first-order valence-corrected chi connectivity index (χ1v) is 12.6. The number of H-pyrrole nitrogens is 1. The van der Waals surface area contributed by atoms with E-state index in [-0.39, 0.29) is 5.41 Å². The lowest BCUT2D eigenvalue weighted by Gasteiger charge is -2.25. The van der Waals surface area contributed by atoms with Gasteiger partial charge in [-0.3, -0.25) is 5.10 Å².